The summed E-state index contributed by atoms with van der Waals surface area (Å²) in [5.41, 5.74) is 3.38. The molecule has 3 aromatic rings. The van der Waals surface area contributed by atoms with E-state index < -0.39 is 0 Å². The Morgan fingerprint density at radius 3 is 2.71 bits per heavy atom. The summed E-state index contributed by atoms with van der Waals surface area (Å²) in [7, 11) is 1.88. The van der Waals surface area contributed by atoms with E-state index in [2.05, 4.69) is 32.8 Å². The third kappa shape index (κ3) is 1.66. The zero-order chi connectivity index (χ0) is 11.7. The fourth-order valence-electron chi connectivity index (χ4n) is 1.85. The van der Waals surface area contributed by atoms with E-state index in [1.807, 2.05) is 25.2 Å². The number of rotatable bonds is 2. The summed E-state index contributed by atoms with van der Waals surface area (Å²) < 4.78 is 1.11. The molecule has 0 amide bonds. The highest BCUT2D eigenvalue weighted by Crippen LogP contribution is 2.35. The number of nitrogens with zero attached hydrogens (tertiary/aromatic N) is 2. The first-order chi connectivity index (χ1) is 8.40. The van der Waals surface area contributed by atoms with Crippen LogP contribution < -0.4 is 5.32 Å². The molecule has 3 rings (SSSR count). The summed E-state index contributed by atoms with van der Waals surface area (Å²) in [4.78, 5) is 8.61. The average Bonchev–Trinajstić information content (AvgIpc) is 2.83. The van der Waals surface area contributed by atoms with Crippen LogP contribution in [0.5, 0.6) is 0 Å². The first-order valence-electron chi connectivity index (χ1n) is 5.35. The number of hydrogen-bond donors (Lipinski definition) is 1. The molecule has 2 aromatic heterocycles. The Morgan fingerprint density at radius 1 is 1.12 bits per heavy atom. The monoisotopic (exact) mass is 241 g/mol. The van der Waals surface area contributed by atoms with Crippen LogP contribution in [0, 0.1) is 0 Å². The molecule has 0 unspecified atom stereocenters. The van der Waals surface area contributed by atoms with E-state index in [9.17, 15) is 0 Å². The number of aromatic nitrogens is 2. The van der Waals surface area contributed by atoms with Crippen molar-refractivity contribution in [2.45, 2.75) is 0 Å². The molecule has 0 saturated heterocycles. The predicted octanol–water partition coefficient (Wildman–Crippen LogP) is 3.40. The molecule has 0 aliphatic heterocycles. The van der Waals surface area contributed by atoms with Crippen molar-refractivity contribution in [1.29, 1.82) is 0 Å². The summed E-state index contributed by atoms with van der Waals surface area (Å²) in [5.74, 6) is 0.891. The van der Waals surface area contributed by atoms with Crippen molar-refractivity contribution >= 4 is 27.4 Å². The number of anilines is 1. The molecule has 1 N–H and O–H groups in total. The molecular weight excluding hydrogens is 230 g/mol. The minimum atomic E-state index is 0.891. The molecule has 17 heavy (non-hydrogen) atoms. The van der Waals surface area contributed by atoms with E-state index in [1.54, 1.807) is 17.7 Å². The summed E-state index contributed by atoms with van der Waals surface area (Å²) in [6.07, 6.45) is 1.60. The Balaban J connectivity index is 2.26. The maximum atomic E-state index is 4.39. The average molecular weight is 241 g/mol. The molecule has 0 radical (unpaired) electrons. The zero-order valence-corrected chi connectivity index (χ0v) is 10.2. The van der Waals surface area contributed by atoms with Gasteiger partial charge < -0.3 is 5.32 Å². The Labute approximate surface area is 103 Å². The molecule has 2 heterocycles. The van der Waals surface area contributed by atoms with Gasteiger partial charge in [-0.3, -0.25) is 0 Å². The van der Waals surface area contributed by atoms with Gasteiger partial charge in [-0.25, -0.2) is 9.97 Å². The molecule has 0 aliphatic rings. The van der Waals surface area contributed by atoms with Crippen LogP contribution in [0.25, 0.3) is 21.3 Å². The van der Waals surface area contributed by atoms with E-state index in [-0.39, 0.29) is 0 Å². The van der Waals surface area contributed by atoms with Crippen molar-refractivity contribution in [1.82, 2.24) is 9.97 Å². The third-order valence-electron chi connectivity index (χ3n) is 2.68. The minimum Gasteiger partial charge on any atom is -0.372 e. The molecule has 84 valence electrons. The normalized spacial score (nSPS) is 10.6. The highest BCUT2D eigenvalue weighted by molar-refractivity contribution is 7.18. The van der Waals surface area contributed by atoms with E-state index >= 15 is 0 Å². The Bertz CT molecular complexity index is 646. The Morgan fingerprint density at radius 2 is 1.94 bits per heavy atom. The van der Waals surface area contributed by atoms with Crippen LogP contribution >= 0.6 is 11.3 Å². The number of hydrogen-bond acceptors (Lipinski definition) is 4. The molecule has 3 nitrogen and oxygen atoms in total. The van der Waals surface area contributed by atoms with Crippen LogP contribution in [0.4, 0.5) is 5.82 Å². The molecular formula is C13H11N3S. The van der Waals surface area contributed by atoms with Crippen LogP contribution in [-0.4, -0.2) is 17.0 Å². The molecule has 0 aliphatic carbocycles. The standard InChI is InChI=1S/C13H11N3S/c1-14-13-12-11(15-8-16-13)10(7-17-12)9-5-3-2-4-6-9/h2-8H,1H3,(H,14,15,16). The van der Waals surface area contributed by atoms with Gasteiger partial charge in [-0.05, 0) is 5.56 Å². The van der Waals surface area contributed by atoms with Crippen molar-refractivity contribution in [3.63, 3.8) is 0 Å². The molecule has 4 heteroatoms. The highest BCUT2D eigenvalue weighted by Gasteiger charge is 2.10. The van der Waals surface area contributed by atoms with Gasteiger partial charge >= 0.3 is 0 Å². The van der Waals surface area contributed by atoms with Crippen LogP contribution in [0.2, 0.25) is 0 Å². The summed E-state index contributed by atoms with van der Waals surface area (Å²) in [6.45, 7) is 0. The second-order valence-corrected chi connectivity index (χ2v) is 4.55. The maximum Gasteiger partial charge on any atom is 0.147 e. The second kappa shape index (κ2) is 4.14. The summed E-state index contributed by atoms with van der Waals surface area (Å²) >= 11 is 1.67. The smallest absolute Gasteiger partial charge is 0.147 e. The number of fused-ring (bicyclic) bond motifs is 1. The predicted molar refractivity (Wildman–Crippen MR) is 72.4 cm³/mol. The molecule has 0 spiro atoms. The number of benzene rings is 1. The van der Waals surface area contributed by atoms with E-state index in [0.29, 0.717) is 0 Å². The van der Waals surface area contributed by atoms with Crippen LogP contribution in [0.15, 0.2) is 42.0 Å². The number of nitrogens with one attached hydrogen (secondary N) is 1. The molecule has 1 aromatic carbocycles. The van der Waals surface area contributed by atoms with Crippen molar-refractivity contribution in [3.8, 4) is 11.1 Å². The molecule has 0 bridgehead atoms. The molecule has 0 fully saturated rings. The van der Waals surface area contributed by atoms with Gasteiger partial charge in [-0.15, -0.1) is 11.3 Å². The molecule has 0 saturated carbocycles. The Kier molecular flexibility index (Phi) is 2.49. The fourth-order valence-corrected chi connectivity index (χ4v) is 2.88. The maximum absolute atomic E-state index is 4.39. The first kappa shape index (κ1) is 10.2. The minimum absolute atomic E-state index is 0.891. The molecule has 0 atom stereocenters. The van der Waals surface area contributed by atoms with Gasteiger partial charge in [0.1, 0.15) is 12.1 Å². The second-order valence-electron chi connectivity index (χ2n) is 3.67. The van der Waals surface area contributed by atoms with Crippen LogP contribution in [0.1, 0.15) is 0 Å². The lowest BCUT2D eigenvalue weighted by Crippen LogP contribution is -1.92. The zero-order valence-electron chi connectivity index (χ0n) is 9.34. The van der Waals surface area contributed by atoms with Gasteiger partial charge in [-0.2, -0.15) is 0 Å². The van der Waals surface area contributed by atoms with Gasteiger partial charge in [0.15, 0.2) is 0 Å². The van der Waals surface area contributed by atoms with Crippen molar-refractivity contribution in [2.75, 3.05) is 12.4 Å². The van der Waals surface area contributed by atoms with E-state index in [0.717, 1.165) is 16.0 Å². The van der Waals surface area contributed by atoms with Crippen molar-refractivity contribution < 1.29 is 0 Å². The van der Waals surface area contributed by atoms with Gasteiger partial charge in [0.05, 0.1) is 10.2 Å². The SMILES string of the molecule is CNc1ncnc2c(-c3ccccc3)csc12. The lowest BCUT2D eigenvalue weighted by molar-refractivity contribution is 1.22. The number of thiophene rings is 1. The van der Waals surface area contributed by atoms with Gasteiger partial charge in [-0.1, -0.05) is 30.3 Å². The summed E-state index contributed by atoms with van der Waals surface area (Å²) in [5, 5.41) is 5.23. The van der Waals surface area contributed by atoms with Gasteiger partial charge in [0.25, 0.3) is 0 Å². The lowest BCUT2D eigenvalue weighted by atomic mass is 10.1. The van der Waals surface area contributed by atoms with Crippen molar-refractivity contribution in [2.24, 2.45) is 0 Å². The van der Waals surface area contributed by atoms with Gasteiger partial charge in [0.2, 0.25) is 0 Å². The highest BCUT2D eigenvalue weighted by atomic mass is 32.1. The quantitative estimate of drug-likeness (QED) is 0.747. The van der Waals surface area contributed by atoms with E-state index in [4.69, 9.17) is 0 Å². The topological polar surface area (TPSA) is 37.8 Å². The first-order valence-corrected chi connectivity index (χ1v) is 6.23. The van der Waals surface area contributed by atoms with Gasteiger partial charge in [0, 0.05) is 18.0 Å². The van der Waals surface area contributed by atoms with Crippen LogP contribution in [-0.2, 0) is 0 Å². The third-order valence-corrected chi connectivity index (χ3v) is 3.65. The summed E-state index contributed by atoms with van der Waals surface area (Å²) in [6, 6.07) is 10.3. The van der Waals surface area contributed by atoms with E-state index in [1.165, 1.54) is 11.1 Å². The Hall–Kier alpha value is -1.94. The largest absolute Gasteiger partial charge is 0.372 e. The lowest BCUT2D eigenvalue weighted by Gasteiger charge is -2.01. The fraction of sp³-hybridized carbons (Fsp3) is 0.0769. The van der Waals surface area contributed by atoms with Crippen LogP contribution in [0.3, 0.4) is 0 Å². The van der Waals surface area contributed by atoms with Crippen molar-refractivity contribution in [3.05, 3.63) is 42.0 Å².